The van der Waals surface area contributed by atoms with E-state index in [1.54, 1.807) is 18.5 Å². The quantitative estimate of drug-likeness (QED) is 0.317. The van der Waals surface area contributed by atoms with Gasteiger partial charge in [0.25, 0.3) is 0 Å². The van der Waals surface area contributed by atoms with Crippen LogP contribution in [0.3, 0.4) is 0 Å². The Labute approximate surface area is 176 Å². The fraction of sp³-hybridized carbons (Fsp3) is 0.211. The molecule has 0 radical (unpaired) electrons. The van der Waals surface area contributed by atoms with Crippen LogP contribution in [0.5, 0.6) is 0 Å². The minimum atomic E-state index is -0.275. The number of para-hydroxylation sites is 1. The van der Waals surface area contributed by atoms with E-state index in [1.165, 1.54) is 23.1 Å². The SMILES string of the molecule is CC[C@H](Sc1ccccc1N=Cc1cccnc1Cl)C(=O)Nc1nnc(C)s1. The van der Waals surface area contributed by atoms with Crippen LogP contribution in [-0.2, 0) is 4.79 Å². The molecular formula is C19H18ClN5OS2. The van der Waals surface area contributed by atoms with Gasteiger partial charge in [0.05, 0.1) is 10.9 Å². The number of pyridine rings is 1. The van der Waals surface area contributed by atoms with Crippen molar-refractivity contribution in [1.82, 2.24) is 15.2 Å². The minimum Gasteiger partial charge on any atom is -0.300 e. The molecule has 0 bridgehead atoms. The summed E-state index contributed by atoms with van der Waals surface area (Å²) in [5, 5.41) is 12.2. The molecule has 0 aliphatic rings. The molecule has 144 valence electrons. The first-order chi connectivity index (χ1) is 13.6. The highest BCUT2D eigenvalue weighted by atomic mass is 35.5. The van der Waals surface area contributed by atoms with Gasteiger partial charge < -0.3 is 0 Å². The molecule has 0 unspecified atom stereocenters. The first kappa shape index (κ1) is 20.4. The van der Waals surface area contributed by atoms with Gasteiger partial charge in [-0.3, -0.25) is 15.1 Å². The number of thioether (sulfide) groups is 1. The number of hydrogen-bond acceptors (Lipinski definition) is 7. The molecule has 3 aromatic rings. The number of rotatable bonds is 7. The third kappa shape index (κ3) is 5.37. The fourth-order valence-corrected chi connectivity index (χ4v) is 4.11. The second kappa shape index (κ2) is 9.77. The first-order valence-corrected chi connectivity index (χ1v) is 10.7. The Balaban J connectivity index is 1.75. The zero-order valence-corrected chi connectivity index (χ0v) is 17.7. The molecule has 28 heavy (non-hydrogen) atoms. The molecule has 1 aromatic carbocycles. The molecule has 6 nitrogen and oxygen atoms in total. The predicted molar refractivity (Wildman–Crippen MR) is 116 cm³/mol. The molecule has 0 aliphatic carbocycles. The Hall–Kier alpha value is -2.29. The van der Waals surface area contributed by atoms with Crippen molar-refractivity contribution in [1.29, 1.82) is 0 Å². The van der Waals surface area contributed by atoms with Crippen molar-refractivity contribution in [2.45, 2.75) is 30.4 Å². The van der Waals surface area contributed by atoms with Crippen LogP contribution in [0.15, 0.2) is 52.5 Å². The lowest BCUT2D eigenvalue weighted by Crippen LogP contribution is -2.24. The number of anilines is 1. The number of benzene rings is 1. The lowest BCUT2D eigenvalue weighted by Gasteiger charge is -2.14. The standard InChI is InChI=1S/C19H18ClN5OS2/c1-3-15(18(26)23-19-25-24-12(2)27-19)28-16-9-5-4-8-14(16)22-11-13-7-6-10-21-17(13)20/h4-11,15H,3H2,1-2H3,(H,23,25,26)/t15-/m0/s1. The Bertz CT molecular complexity index is 992. The zero-order chi connectivity index (χ0) is 19.9. The highest BCUT2D eigenvalue weighted by molar-refractivity contribution is 8.00. The van der Waals surface area contributed by atoms with E-state index in [9.17, 15) is 4.79 Å². The van der Waals surface area contributed by atoms with Crippen molar-refractivity contribution < 1.29 is 4.79 Å². The molecule has 2 heterocycles. The van der Waals surface area contributed by atoms with Crippen molar-refractivity contribution >= 4 is 57.6 Å². The average Bonchev–Trinajstić information content (AvgIpc) is 3.10. The number of aliphatic imine (C=N–C) groups is 1. The third-order valence-electron chi connectivity index (χ3n) is 3.68. The number of amides is 1. The van der Waals surface area contributed by atoms with Crippen LogP contribution in [0.25, 0.3) is 0 Å². The number of carbonyl (C=O) groups excluding carboxylic acids is 1. The average molecular weight is 432 g/mol. The summed E-state index contributed by atoms with van der Waals surface area (Å²) in [6, 6.07) is 11.3. The smallest absolute Gasteiger partial charge is 0.239 e. The van der Waals surface area contributed by atoms with Crippen molar-refractivity contribution in [2.75, 3.05) is 5.32 Å². The van der Waals surface area contributed by atoms with E-state index in [-0.39, 0.29) is 11.2 Å². The fourth-order valence-electron chi connectivity index (χ4n) is 2.31. The van der Waals surface area contributed by atoms with Gasteiger partial charge in [0, 0.05) is 22.9 Å². The van der Waals surface area contributed by atoms with Gasteiger partial charge in [0.1, 0.15) is 10.2 Å². The number of aromatic nitrogens is 3. The molecule has 3 rings (SSSR count). The molecule has 0 aliphatic heterocycles. The molecule has 2 aromatic heterocycles. The normalized spacial score (nSPS) is 12.2. The summed E-state index contributed by atoms with van der Waals surface area (Å²) in [6.07, 6.45) is 3.98. The minimum absolute atomic E-state index is 0.0993. The van der Waals surface area contributed by atoms with Gasteiger partial charge in [-0.2, -0.15) is 0 Å². The van der Waals surface area contributed by atoms with Gasteiger partial charge in [0.15, 0.2) is 0 Å². The van der Waals surface area contributed by atoms with Crippen molar-refractivity contribution in [3.8, 4) is 0 Å². The number of aryl methyl sites for hydroxylation is 1. The summed E-state index contributed by atoms with van der Waals surface area (Å²) in [5.74, 6) is -0.0993. The molecule has 1 amide bonds. The van der Waals surface area contributed by atoms with Gasteiger partial charge in [-0.15, -0.1) is 22.0 Å². The number of hydrogen-bond donors (Lipinski definition) is 1. The van der Waals surface area contributed by atoms with E-state index in [1.807, 2.05) is 44.2 Å². The van der Waals surface area contributed by atoms with E-state index < -0.39 is 0 Å². The van der Waals surface area contributed by atoms with Gasteiger partial charge in [-0.05, 0) is 37.6 Å². The largest absolute Gasteiger partial charge is 0.300 e. The second-order valence-corrected chi connectivity index (χ2v) is 8.52. The molecule has 9 heteroatoms. The van der Waals surface area contributed by atoms with E-state index in [2.05, 4.69) is 25.5 Å². The topological polar surface area (TPSA) is 80.1 Å². The number of halogens is 1. The number of carbonyl (C=O) groups is 1. The molecule has 0 saturated carbocycles. The number of nitrogens with one attached hydrogen (secondary N) is 1. The third-order valence-corrected chi connectivity index (χ3v) is 6.19. The Kier molecular flexibility index (Phi) is 7.13. The summed E-state index contributed by atoms with van der Waals surface area (Å²) >= 11 is 8.91. The first-order valence-electron chi connectivity index (χ1n) is 8.58. The molecule has 0 spiro atoms. The maximum atomic E-state index is 12.6. The highest BCUT2D eigenvalue weighted by Gasteiger charge is 2.20. The number of nitrogens with zero attached hydrogens (tertiary/aromatic N) is 4. The molecule has 1 atom stereocenters. The van der Waals surface area contributed by atoms with Crippen molar-refractivity contribution in [3.05, 3.63) is 58.3 Å². The van der Waals surface area contributed by atoms with Crippen LogP contribution in [-0.4, -0.2) is 32.6 Å². The lowest BCUT2D eigenvalue weighted by atomic mass is 10.3. The molecule has 1 N–H and O–H groups in total. The van der Waals surface area contributed by atoms with Crippen LogP contribution < -0.4 is 5.32 Å². The van der Waals surface area contributed by atoms with E-state index in [4.69, 9.17) is 11.6 Å². The summed E-state index contributed by atoms with van der Waals surface area (Å²) in [6.45, 7) is 3.83. The van der Waals surface area contributed by atoms with Crippen LogP contribution >= 0.6 is 34.7 Å². The summed E-state index contributed by atoms with van der Waals surface area (Å²) in [4.78, 5) is 22.1. The van der Waals surface area contributed by atoms with E-state index in [0.29, 0.717) is 16.7 Å². The molecule has 0 fully saturated rings. The van der Waals surface area contributed by atoms with Crippen LogP contribution in [0.2, 0.25) is 5.15 Å². The van der Waals surface area contributed by atoms with E-state index in [0.717, 1.165) is 21.2 Å². The maximum Gasteiger partial charge on any atom is 0.239 e. The molecule has 0 saturated heterocycles. The van der Waals surface area contributed by atoms with Crippen molar-refractivity contribution in [3.63, 3.8) is 0 Å². The van der Waals surface area contributed by atoms with Crippen molar-refractivity contribution in [2.24, 2.45) is 4.99 Å². The van der Waals surface area contributed by atoms with Crippen LogP contribution in [0.4, 0.5) is 10.8 Å². The van der Waals surface area contributed by atoms with Gasteiger partial charge in [0.2, 0.25) is 11.0 Å². The van der Waals surface area contributed by atoms with Crippen LogP contribution in [0, 0.1) is 6.92 Å². The highest BCUT2D eigenvalue weighted by Crippen LogP contribution is 2.34. The van der Waals surface area contributed by atoms with Gasteiger partial charge in [-0.25, -0.2) is 4.98 Å². The predicted octanol–water partition coefficient (Wildman–Crippen LogP) is 5.15. The second-order valence-electron chi connectivity index (χ2n) is 5.74. The van der Waals surface area contributed by atoms with Gasteiger partial charge in [-0.1, -0.05) is 42.0 Å². The van der Waals surface area contributed by atoms with Gasteiger partial charge >= 0.3 is 0 Å². The Morgan fingerprint density at radius 3 is 2.86 bits per heavy atom. The monoisotopic (exact) mass is 431 g/mol. The maximum absolute atomic E-state index is 12.6. The molecular weight excluding hydrogens is 414 g/mol. The summed E-state index contributed by atoms with van der Waals surface area (Å²) in [5.41, 5.74) is 1.51. The Morgan fingerprint density at radius 2 is 2.14 bits per heavy atom. The summed E-state index contributed by atoms with van der Waals surface area (Å²) in [7, 11) is 0. The van der Waals surface area contributed by atoms with E-state index >= 15 is 0 Å². The zero-order valence-electron chi connectivity index (χ0n) is 15.3. The lowest BCUT2D eigenvalue weighted by molar-refractivity contribution is -0.115. The summed E-state index contributed by atoms with van der Waals surface area (Å²) < 4.78 is 0. The Morgan fingerprint density at radius 1 is 1.32 bits per heavy atom. The van der Waals surface area contributed by atoms with Crippen LogP contribution in [0.1, 0.15) is 23.9 Å².